The van der Waals surface area contributed by atoms with Gasteiger partial charge in [0.05, 0.1) is 6.61 Å². The topological polar surface area (TPSA) is 64.3 Å². The fourth-order valence-electron chi connectivity index (χ4n) is 2.07. The highest BCUT2D eigenvalue weighted by Crippen LogP contribution is 2.20. The van der Waals surface area contributed by atoms with Crippen LogP contribution in [0.5, 0.6) is 0 Å². The summed E-state index contributed by atoms with van der Waals surface area (Å²) in [7, 11) is 0. The van der Waals surface area contributed by atoms with Crippen LogP contribution in [0.4, 0.5) is 5.69 Å². The minimum Gasteiger partial charge on any atom is -0.381 e. The van der Waals surface area contributed by atoms with Gasteiger partial charge in [0, 0.05) is 18.2 Å². The summed E-state index contributed by atoms with van der Waals surface area (Å²) in [6, 6.07) is 7.58. The van der Waals surface area contributed by atoms with E-state index in [1.165, 1.54) is 5.56 Å². The smallest absolute Gasteiger partial charge is 0.240 e. The second-order valence-corrected chi connectivity index (χ2v) is 4.51. The highest BCUT2D eigenvalue weighted by atomic mass is 16.5. The molecule has 0 aliphatic carbocycles. The molecule has 2 unspecified atom stereocenters. The van der Waals surface area contributed by atoms with E-state index in [4.69, 9.17) is 10.5 Å². The van der Waals surface area contributed by atoms with Crippen molar-refractivity contribution in [3.8, 4) is 0 Å². The van der Waals surface area contributed by atoms with Crippen LogP contribution in [0.1, 0.15) is 12.0 Å². The van der Waals surface area contributed by atoms with E-state index in [0.717, 1.165) is 12.1 Å². The maximum atomic E-state index is 11.5. The Morgan fingerprint density at radius 3 is 2.71 bits per heavy atom. The number of hydrogen-bond acceptors (Lipinski definition) is 3. The molecule has 0 radical (unpaired) electrons. The van der Waals surface area contributed by atoms with Gasteiger partial charge in [-0.2, -0.15) is 0 Å². The third-order valence-corrected chi connectivity index (χ3v) is 3.12. The molecule has 1 fully saturated rings. The average Bonchev–Trinajstić information content (AvgIpc) is 2.81. The van der Waals surface area contributed by atoms with Gasteiger partial charge in [0.15, 0.2) is 0 Å². The Balaban J connectivity index is 2.06. The Bertz CT molecular complexity index is 383. The highest BCUT2D eigenvalue weighted by Gasteiger charge is 2.29. The van der Waals surface area contributed by atoms with Crippen LogP contribution < -0.4 is 11.1 Å². The summed E-state index contributed by atoms with van der Waals surface area (Å²) >= 11 is 0. The fraction of sp³-hybridized carbons (Fsp3) is 0.462. The molecule has 2 atom stereocenters. The second kappa shape index (κ2) is 5.19. The summed E-state index contributed by atoms with van der Waals surface area (Å²) in [5.41, 5.74) is 7.55. The number of aryl methyl sites for hydroxylation is 1. The Morgan fingerprint density at radius 1 is 1.47 bits per heavy atom. The Kier molecular flexibility index (Phi) is 3.64. The molecule has 92 valence electrons. The number of hydrogen-bond donors (Lipinski definition) is 2. The molecule has 17 heavy (non-hydrogen) atoms. The predicted octanol–water partition coefficient (Wildman–Crippen LogP) is 1.30. The van der Waals surface area contributed by atoms with Gasteiger partial charge in [0.2, 0.25) is 5.91 Å². The Hall–Kier alpha value is -1.55. The van der Waals surface area contributed by atoms with E-state index in [1.54, 1.807) is 0 Å². The molecule has 3 N–H and O–H groups in total. The molecule has 1 aromatic carbocycles. The number of benzene rings is 1. The predicted molar refractivity (Wildman–Crippen MR) is 66.7 cm³/mol. The van der Waals surface area contributed by atoms with Crippen molar-refractivity contribution < 1.29 is 9.53 Å². The number of ether oxygens (including phenoxy) is 1. The number of nitrogens with one attached hydrogen (secondary N) is 1. The number of anilines is 1. The van der Waals surface area contributed by atoms with E-state index < -0.39 is 0 Å². The molecule has 0 aromatic heterocycles. The molecule has 0 saturated carbocycles. The maximum Gasteiger partial charge on any atom is 0.240 e. The van der Waals surface area contributed by atoms with Gasteiger partial charge in [-0.1, -0.05) is 17.7 Å². The number of primary amides is 1. The molecule has 4 heteroatoms. The first-order chi connectivity index (χ1) is 8.16. The quantitative estimate of drug-likeness (QED) is 0.825. The minimum atomic E-state index is -0.347. The van der Waals surface area contributed by atoms with Crippen LogP contribution in [0.2, 0.25) is 0 Å². The van der Waals surface area contributed by atoms with Crippen molar-refractivity contribution in [2.45, 2.75) is 19.4 Å². The van der Waals surface area contributed by atoms with Crippen LogP contribution in [0, 0.1) is 12.8 Å². The summed E-state index contributed by atoms with van der Waals surface area (Å²) in [5, 5.41) is 3.19. The lowest BCUT2D eigenvalue weighted by Gasteiger charge is -2.21. The summed E-state index contributed by atoms with van der Waals surface area (Å²) < 4.78 is 5.30. The first kappa shape index (κ1) is 11.9. The zero-order chi connectivity index (χ0) is 12.3. The molecule has 0 bridgehead atoms. The minimum absolute atomic E-state index is 0.175. The maximum absolute atomic E-state index is 11.5. The fourth-order valence-corrected chi connectivity index (χ4v) is 2.07. The summed E-state index contributed by atoms with van der Waals surface area (Å²) in [6.45, 7) is 3.34. The van der Waals surface area contributed by atoms with Crippen molar-refractivity contribution in [1.82, 2.24) is 0 Å². The second-order valence-electron chi connectivity index (χ2n) is 4.51. The molecule has 1 amide bonds. The van der Waals surface area contributed by atoms with Gasteiger partial charge in [0.1, 0.15) is 6.04 Å². The van der Waals surface area contributed by atoms with E-state index in [-0.39, 0.29) is 17.9 Å². The number of carbonyl (C=O) groups excluding carboxylic acids is 1. The average molecular weight is 234 g/mol. The largest absolute Gasteiger partial charge is 0.381 e. The molecule has 1 aliphatic heterocycles. The molecule has 1 saturated heterocycles. The van der Waals surface area contributed by atoms with Gasteiger partial charge >= 0.3 is 0 Å². The lowest BCUT2D eigenvalue weighted by Crippen LogP contribution is -2.41. The third-order valence-electron chi connectivity index (χ3n) is 3.12. The number of carbonyl (C=O) groups is 1. The van der Waals surface area contributed by atoms with E-state index in [9.17, 15) is 4.79 Å². The summed E-state index contributed by atoms with van der Waals surface area (Å²) in [4.78, 5) is 11.5. The highest BCUT2D eigenvalue weighted by molar-refractivity contribution is 5.83. The zero-order valence-electron chi connectivity index (χ0n) is 9.98. The van der Waals surface area contributed by atoms with Crippen LogP contribution in [0.3, 0.4) is 0 Å². The van der Waals surface area contributed by atoms with Gasteiger partial charge in [-0.3, -0.25) is 4.79 Å². The first-order valence-electron chi connectivity index (χ1n) is 5.87. The lowest BCUT2D eigenvalue weighted by molar-refractivity contribution is -0.119. The van der Waals surface area contributed by atoms with Gasteiger partial charge in [-0.25, -0.2) is 0 Å². The van der Waals surface area contributed by atoms with Crippen LogP contribution in [0.25, 0.3) is 0 Å². The monoisotopic (exact) mass is 234 g/mol. The molecule has 1 aromatic rings. The lowest BCUT2D eigenvalue weighted by atomic mass is 9.98. The molecule has 1 heterocycles. The molecular formula is C13H18N2O2. The van der Waals surface area contributed by atoms with Crippen LogP contribution >= 0.6 is 0 Å². The van der Waals surface area contributed by atoms with Crippen molar-refractivity contribution >= 4 is 11.6 Å². The first-order valence-corrected chi connectivity index (χ1v) is 5.87. The van der Waals surface area contributed by atoms with Gasteiger partial charge in [0.25, 0.3) is 0 Å². The van der Waals surface area contributed by atoms with Crippen molar-refractivity contribution in [3.05, 3.63) is 29.8 Å². The van der Waals surface area contributed by atoms with Crippen molar-refractivity contribution in [2.24, 2.45) is 11.7 Å². The van der Waals surface area contributed by atoms with E-state index in [2.05, 4.69) is 5.32 Å². The SMILES string of the molecule is Cc1ccc(NC(C(N)=O)C2CCOC2)cc1. The normalized spacial score (nSPS) is 21.1. The number of nitrogens with two attached hydrogens (primary N) is 1. The van der Waals surface area contributed by atoms with Gasteiger partial charge in [-0.15, -0.1) is 0 Å². The van der Waals surface area contributed by atoms with Crippen molar-refractivity contribution in [3.63, 3.8) is 0 Å². The molecule has 4 nitrogen and oxygen atoms in total. The zero-order valence-corrected chi connectivity index (χ0v) is 9.98. The van der Waals surface area contributed by atoms with Crippen LogP contribution in [-0.4, -0.2) is 25.2 Å². The Labute approximate surface area is 101 Å². The van der Waals surface area contributed by atoms with E-state index in [0.29, 0.717) is 13.2 Å². The van der Waals surface area contributed by atoms with Crippen molar-refractivity contribution in [1.29, 1.82) is 0 Å². The number of rotatable bonds is 4. The van der Waals surface area contributed by atoms with Crippen LogP contribution in [0.15, 0.2) is 24.3 Å². The third kappa shape index (κ3) is 2.97. The van der Waals surface area contributed by atoms with Gasteiger partial charge < -0.3 is 15.8 Å². The molecular weight excluding hydrogens is 216 g/mol. The molecule has 2 rings (SSSR count). The van der Waals surface area contributed by atoms with Crippen LogP contribution in [-0.2, 0) is 9.53 Å². The number of amides is 1. The van der Waals surface area contributed by atoms with E-state index in [1.807, 2.05) is 31.2 Å². The summed E-state index contributed by atoms with van der Waals surface area (Å²) in [5.74, 6) is -0.144. The molecule has 0 spiro atoms. The Morgan fingerprint density at radius 2 is 2.18 bits per heavy atom. The van der Waals surface area contributed by atoms with E-state index >= 15 is 0 Å². The van der Waals surface area contributed by atoms with Gasteiger partial charge in [-0.05, 0) is 25.5 Å². The van der Waals surface area contributed by atoms with Crippen molar-refractivity contribution in [2.75, 3.05) is 18.5 Å². The molecule has 1 aliphatic rings. The standard InChI is InChI=1S/C13H18N2O2/c1-9-2-4-11(5-3-9)15-12(13(14)16)10-6-7-17-8-10/h2-5,10,12,15H,6-8H2,1H3,(H2,14,16). The summed E-state index contributed by atoms with van der Waals surface area (Å²) in [6.07, 6.45) is 0.881.